The summed E-state index contributed by atoms with van der Waals surface area (Å²) in [6.07, 6.45) is 2.17. The molecule has 116 valence electrons. The molecule has 1 saturated heterocycles. The van der Waals surface area contributed by atoms with E-state index in [9.17, 15) is 5.11 Å². The van der Waals surface area contributed by atoms with Crippen LogP contribution in [-0.2, 0) is 4.74 Å². The van der Waals surface area contributed by atoms with Crippen molar-refractivity contribution in [2.45, 2.75) is 44.8 Å². The fourth-order valence-corrected chi connectivity index (χ4v) is 2.81. The lowest BCUT2D eigenvalue weighted by Gasteiger charge is -2.37. The number of aliphatic hydroxyl groups excluding tert-OH is 1. The van der Waals surface area contributed by atoms with E-state index in [-0.39, 0.29) is 18.8 Å². The van der Waals surface area contributed by atoms with E-state index in [2.05, 4.69) is 15.3 Å². The van der Waals surface area contributed by atoms with Gasteiger partial charge in [-0.3, -0.25) is 0 Å². The number of ether oxygens (including phenoxy) is 1. The Kier molecular flexibility index (Phi) is 3.97. The second kappa shape index (κ2) is 5.75. The van der Waals surface area contributed by atoms with Gasteiger partial charge in [-0.25, -0.2) is 15.8 Å². The fourth-order valence-electron chi connectivity index (χ4n) is 2.81. The third-order valence-electron chi connectivity index (χ3n) is 4.05. The first kappa shape index (κ1) is 14.5. The van der Waals surface area contributed by atoms with E-state index in [1.165, 1.54) is 0 Å². The van der Waals surface area contributed by atoms with Gasteiger partial charge in [-0.2, -0.15) is 0 Å². The number of hydrogen-bond donors (Lipinski definition) is 3. The Bertz CT molecular complexity index is 520. The lowest BCUT2D eigenvalue weighted by atomic mass is 10.2. The zero-order valence-corrected chi connectivity index (χ0v) is 12.5. The molecule has 1 aliphatic heterocycles. The van der Waals surface area contributed by atoms with Crippen LogP contribution in [0.4, 0.5) is 11.6 Å². The molecule has 2 aliphatic rings. The van der Waals surface area contributed by atoms with Crippen LogP contribution in [0.5, 0.6) is 0 Å². The lowest BCUT2D eigenvalue weighted by Crippen LogP contribution is -2.48. The zero-order valence-electron chi connectivity index (χ0n) is 12.5. The van der Waals surface area contributed by atoms with Gasteiger partial charge in [0.15, 0.2) is 0 Å². The van der Waals surface area contributed by atoms with Crippen molar-refractivity contribution in [3.8, 4) is 0 Å². The smallest absolute Gasteiger partial charge is 0.148 e. The van der Waals surface area contributed by atoms with Gasteiger partial charge >= 0.3 is 0 Å². The lowest BCUT2D eigenvalue weighted by molar-refractivity contribution is -0.0423. The first-order valence-corrected chi connectivity index (χ1v) is 7.48. The molecule has 1 aromatic rings. The molecule has 1 aliphatic carbocycles. The van der Waals surface area contributed by atoms with Crippen LogP contribution in [0.3, 0.4) is 0 Å². The van der Waals surface area contributed by atoms with Crippen molar-refractivity contribution in [3.05, 3.63) is 11.4 Å². The van der Waals surface area contributed by atoms with E-state index in [0.29, 0.717) is 18.3 Å². The normalized spacial score (nSPS) is 26.0. The van der Waals surface area contributed by atoms with E-state index in [1.807, 2.05) is 13.8 Å². The highest BCUT2D eigenvalue weighted by Gasteiger charge is 2.31. The summed E-state index contributed by atoms with van der Waals surface area (Å²) in [5.74, 6) is 8.50. The van der Waals surface area contributed by atoms with E-state index in [1.54, 1.807) is 0 Å². The highest BCUT2D eigenvalue weighted by atomic mass is 16.5. The average Bonchev–Trinajstić information content (AvgIpc) is 3.31. The summed E-state index contributed by atoms with van der Waals surface area (Å²) in [6.45, 7) is 5.38. The zero-order chi connectivity index (χ0) is 15.0. The number of hydrazine groups is 1. The van der Waals surface area contributed by atoms with Crippen molar-refractivity contribution in [2.24, 2.45) is 5.84 Å². The fraction of sp³-hybridized carbons (Fsp3) is 0.714. The van der Waals surface area contributed by atoms with Gasteiger partial charge in [-0.05, 0) is 26.7 Å². The molecule has 3 rings (SSSR count). The van der Waals surface area contributed by atoms with Crippen molar-refractivity contribution >= 4 is 11.6 Å². The summed E-state index contributed by atoms with van der Waals surface area (Å²) in [6, 6.07) is 0. The van der Waals surface area contributed by atoms with Crippen LogP contribution >= 0.6 is 0 Å². The molecular formula is C14H23N5O2. The Hall–Kier alpha value is -1.44. The van der Waals surface area contributed by atoms with Gasteiger partial charge in [-0.15, -0.1) is 0 Å². The van der Waals surface area contributed by atoms with Gasteiger partial charge in [0.05, 0.1) is 18.8 Å². The van der Waals surface area contributed by atoms with Crippen molar-refractivity contribution < 1.29 is 9.84 Å². The maximum atomic E-state index is 9.38. The Labute approximate surface area is 124 Å². The highest BCUT2D eigenvalue weighted by Crippen LogP contribution is 2.40. The van der Waals surface area contributed by atoms with Crippen LogP contribution in [0.15, 0.2) is 0 Å². The third kappa shape index (κ3) is 2.95. The molecule has 1 saturated carbocycles. The number of nitrogens with one attached hydrogen (secondary N) is 1. The molecule has 4 N–H and O–H groups in total. The van der Waals surface area contributed by atoms with Gasteiger partial charge in [0.25, 0.3) is 0 Å². The molecule has 21 heavy (non-hydrogen) atoms. The monoisotopic (exact) mass is 293 g/mol. The number of anilines is 2. The SMILES string of the molecule is Cc1c(NN)nc(C2CC2)nc1N1CC(C)OC(CO)C1. The molecule has 1 aromatic heterocycles. The maximum Gasteiger partial charge on any atom is 0.148 e. The average molecular weight is 293 g/mol. The summed E-state index contributed by atoms with van der Waals surface area (Å²) in [5.41, 5.74) is 3.61. The van der Waals surface area contributed by atoms with E-state index < -0.39 is 0 Å². The van der Waals surface area contributed by atoms with Crippen molar-refractivity contribution in [2.75, 3.05) is 30.0 Å². The molecule has 7 heteroatoms. The van der Waals surface area contributed by atoms with Crippen LogP contribution in [0.2, 0.25) is 0 Å². The summed E-state index contributed by atoms with van der Waals surface area (Å²) in [4.78, 5) is 11.4. The van der Waals surface area contributed by atoms with Crippen molar-refractivity contribution in [3.63, 3.8) is 0 Å². The van der Waals surface area contributed by atoms with Gasteiger partial charge in [0, 0.05) is 24.6 Å². The minimum Gasteiger partial charge on any atom is -0.394 e. The summed E-state index contributed by atoms with van der Waals surface area (Å²) in [7, 11) is 0. The van der Waals surface area contributed by atoms with E-state index in [0.717, 1.165) is 36.6 Å². The van der Waals surface area contributed by atoms with Crippen LogP contribution in [0.1, 0.15) is 37.1 Å². The molecule has 7 nitrogen and oxygen atoms in total. The Morgan fingerprint density at radius 3 is 2.76 bits per heavy atom. The molecule has 0 spiro atoms. The van der Waals surface area contributed by atoms with Crippen molar-refractivity contribution in [1.82, 2.24) is 9.97 Å². The molecule has 2 unspecified atom stereocenters. The van der Waals surface area contributed by atoms with Gasteiger partial charge in [-0.1, -0.05) is 0 Å². The highest BCUT2D eigenvalue weighted by molar-refractivity contribution is 5.59. The number of nitrogens with zero attached hydrogens (tertiary/aromatic N) is 3. The summed E-state index contributed by atoms with van der Waals surface area (Å²) in [5, 5.41) is 9.38. The Morgan fingerprint density at radius 2 is 2.14 bits per heavy atom. The maximum absolute atomic E-state index is 9.38. The second-order valence-electron chi connectivity index (χ2n) is 5.95. The Morgan fingerprint density at radius 1 is 1.38 bits per heavy atom. The Balaban J connectivity index is 1.94. The van der Waals surface area contributed by atoms with Crippen molar-refractivity contribution in [1.29, 1.82) is 0 Å². The van der Waals surface area contributed by atoms with Gasteiger partial charge < -0.3 is 20.2 Å². The first-order valence-electron chi connectivity index (χ1n) is 7.48. The molecule has 2 fully saturated rings. The van der Waals surface area contributed by atoms with Crippen LogP contribution < -0.4 is 16.2 Å². The molecule has 2 heterocycles. The molecule has 0 aromatic carbocycles. The molecule has 0 amide bonds. The number of morpholine rings is 1. The third-order valence-corrected chi connectivity index (χ3v) is 4.05. The molecule has 2 atom stereocenters. The number of hydrogen-bond acceptors (Lipinski definition) is 7. The number of aromatic nitrogens is 2. The van der Waals surface area contributed by atoms with Crippen LogP contribution in [-0.4, -0.2) is 47.0 Å². The number of rotatable bonds is 4. The van der Waals surface area contributed by atoms with Gasteiger partial charge in [0.1, 0.15) is 17.5 Å². The standard InChI is InChI=1S/C14H23N5O2/c1-8-5-19(6-11(7-20)21-8)14-9(2)12(18-15)16-13(17-14)10-3-4-10/h8,10-11,20H,3-7,15H2,1-2H3,(H,16,17,18). The van der Waals surface area contributed by atoms with Crippen LogP contribution in [0, 0.1) is 6.92 Å². The minimum absolute atomic E-state index is 0.0163. The topological polar surface area (TPSA) is 96.5 Å². The molecule has 0 radical (unpaired) electrons. The molecular weight excluding hydrogens is 270 g/mol. The largest absolute Gasteiger partial charge is 0.394 e. The predicted octanol–water partition coefficient (Wildman–Crippen LogP) is 0.534. The number of nitrogens with two attached hydrogens (primary N) is 1. The molecule has 0 bridgehead atoms. The quantitative estimate of drug-likeness (QED) is 0.550. The minimum atomic E-state index is -0.179. The summed E-state index contributed by atoms with van der Waals surface area (Å²) < 4.78 is 5.70. The number of nitrogen functional groups attached to an aromatic ring is 1. The van der Waals surface area contributed by atoms with E-state index >= 15 is 0 Å². The number of aliphatic hydroxyl groups is 1. The van der Waals surface area contributed by atoms with Crippen LogP contribution in [0.25, 0.3) is 0 Å². The summed E-state index contributed by atoms with van der Waals surface area (Å²) >= 11 is 0. The first-order chi connectivity index (χ1) is 10.1. The van der Waals surface area contributed by atoms with Gasteiger partial charge in [0.2, 0.25) is 0 Å². The predicted molar refractivity (Wildman–Crippen MR) is 80.2 cm³/mol. The second-order valence-corrected chi connectivity index (χ2v) is 5.95. The van der Waals surface area contributed by atoms with E-state index in [4.69, 9.17) is 15.6 Å².